The van der Waals surface area contributed by atoms with Crippen LogP contribution in [0.5, 0.6) is 5.75 Å². The maximum atomic E-state index is 11.2. The number of carbonyl (C=O) groups is 1. The first-order valence-electron chi connectivity index (χ1n) is 6.41. The molecule has 0 radical (unpaired) electrons. The molecule has 1 aliphatic heterocycles. The lowest BCUT2D eigenvalue weighted by molar-refractivity contribution is -0.139. The number of rotatable bonds is 3. The number of carboxylic acids is 1. The quantitative estimate of drug-likeness (QED) is 0.860. The van der Waals surface area contributed by atoms with Gasteiger partial charge in [-0.15, -0.1) is 0 Å². The van der Waals surface area contributed by atoms with Gasteiger partial charge in [-0.2, -0.15) is 0 Å². The Morgan fingerprint density at radius 2 is 2.44 bits per heavy atom. The number of anilines is 1. The summed E-state index contributed by atoms with van der Waals surface area (Å²) in [4.78, 5) is 11.2. The summed E-state index contributed by atoms with van der Waals surface area (Å²) >= 11 is 0. The van der Waals surface area contributed by atoms with E-state index in [2.05, 4.69) is 11.4 Å². The number of hydrogen-bond donors (Lipinski definition) is 2. The van der Waals surface area contributed by atoms with Crippen LogP contribution in [0, 0.1) is 5.92 Å². The Morgan fingerprint density at radius 1 is 1.61 bits per heavy atom. The minimum absolute atomic E-state index is 0.176. The van der Waals surface area contributed by atoms with Crippen molar-refractivity contribution in [2.24, 2.45) is 5.92 Å². The van der Waals surface area contributed by atoms with Gasteiger partial charge in [-0.3, -0.25) is 4.79 Å². The van der Waals surface area contributed by atoms with Crippen LogP contribution in [-0.4, -0.2) is 24.2 Å². The third-order valence-electron chi connectivity index (χ3n) is 4.08. The summed E-state index contributed by atoms with van der Waals surface area (Å²) in [7, 11) is 0. The number of fused-ring (bicyclic) bond motifs is 2. The number of nitrogens with one attached hydrogen (secondary N) is 1. The molecule has 2 aliphatic rings. The van der Waals surface area contributed by atoms with Crippen molar-refractivity contribution < 1.29 is 14.6 Å². The molecule has 1 aliphatic carbocycles. The minimum Gasteiger partial charge on any atom is -0.493 e. The van der Waals surface area contributed by atoms with Gasteiger partial charge in [0.05, 0.1) is 12.5 Å². The topological polar surface area (TPSA) is 58.6 Å². The van der Waals surface area contributed by atoms with Gasteiger partial charge in [0.25, 0.3) is 0 Å². The lowest BCUT2D eigenvalue weighted by Gasteiger charge is -2.27. The molecular weight excluding hydrogens is 230 g/mol. The highest BCUT2D eigenvalue weighted by atomic mass is 16.5. The molecule has 2 unspecified atom stereocenters. The summed E-state index contributed by atoms with van der Waals surface area (Å²) in [5.41, 5.74) is 1.93. The zero-order valence-corrected chi connectivity index (χ0v) is 10.4. The van der Waals surface area contributed by atoms with Crippen LogP contribution in [0.25, 0.3) is 0 Å². The molecular formula is C14H17NO3. The monoisotopic (exact) mass is 247 g/mol. The molecule has 4 nitrogen and oxygen atoms in total. The Bertz CT molecular complexity index is 500. The molecule has 0 saturated heterocycles. The minimum atomic E-state index is -0.684. The highest BCUT2D eigenvalue weighted by molar-refractivity contribution is 5.78. The van der Waals surface area contributed by atoms with Crippen LogP contribution in [0.4, 0.5) is 5.69 Å². The van der Waals surface area contributed by atoms with Crippen molar-refractivity contribution >= 4 is 11.7 Å². The van der Waals surface area contributed by atoms with Crippen LogP contribution < -0.4 is 10.1 Å². The number of hydrogen-bond acceptors (Lipinski definition) is 3. The molecule has 1 spiro atoms. The second-order valence-corrected chi connectivity index (χ2v) is 5.09. The van der Waals surface area contributed by atoms with Crippen molar-refractivity contribution in [3.05, 3.63) is 23.8 Å². The second-order valence-electron chi connectivity index (χ2n) is 5.09. The van der Waals surface area contributed by atoms with E-state index in [0.29, 0.717) is 6.61 Å². The van der Waals surface area contributed by atoms with Crippen LogP contribution in [0.3, 0.4) is 0 Å². The molecule has 1 aromatic rings. The molecule has 2 atom stereocenters. The molecule has 4 heteroatoms. The molecule has 1 heterocycles. The van der Waals surface area contributed by atoms with E-state index in [1.165, 1.54) is 0 Å². The van der Waals surface area contributed by atoms with E-state index >= 15 is 0 Å². The zero-order valence-electron chi connectivity index (χ0n) is 10.4. The predicted octanol–water partition coefficient (Wildman–Crippen LogP) is 2.24. The molecule has 18 heavy (non-hydrogen) atoms. The third-order valence-corrected chi connectivity index (χ3v) is 4.08. The third kappa shape index (κ3) is 1.55. The summed E-state index contributed by atoms with van der Waals surface area (Å²) in [6, 6.07) is 5.99. The lowest BCUT2D eigenvalue weighted by Crippen LogP contribution is -2.24. The Balaban J connectivity index is 1.99. The number of ether oxygens (including phenoxy) is 1. The van der Waals surface area contributed by atoms with Crippen LogP contribution in [0.15, 0.2) is 18.2 Å². The zero-order chi connectivity index (χ0) is 12.8. The van der Waals surface area contributed by atoms with Gasteiger partial charge in [0.15, 0.2) is 0 Å². The summed E-state index contributed by atoms with van der Waals surface area (Å²) in [5, 5.41) is 12.5. The van der Waals surface area contributed by atoms with Gasteiger partial charge in [-0.1, -0.05) is 0 Å². The molecule has 96 valence electrons. The Kier molecular flexibility index (Phi) is 2.47. The first-order chi connectivity index (χ1) is 8.67. The van der Waals surface area contributed by atoms with E-state index in [-0.39, 0.29) is 11.3 Å². The van der Waals surface area contributed by atoms with Crippen LogP contribution >= 0.6 is 0 Å². The van der Waals surface area contributed by atoms with Crippen molar-refractivity contribution in [3.63, 3.8) is 0 Å². The van der Waals surface area contributed by atoms with Gasteiger partial charge in [-0.25, -0.2) is 0 Å². The normalized spacial score (nSPS) is 28.4. The average Bonchev–Trinajstić information content (AvgIpc) is 3.06. The second kappa shape index (κ2) is 3.90. The molecule has 3 rings (SSSR count). The van der Waals surface area contributed by atoms with Crippen molar-refractivity contribution in [1.29, 1.82) is 0 Å². The summed E-state index contributed by atoms with van der Waals surface area (Å²) < 4.78 is 5.64. The molecule has 1 fully saturated rings. The fourth-order valence-corrected chi connectivity index (χ4v) is 3.04. The Morgan fingerprint density at radius 3 is 3.11 bits per heavy atom. The van der Waals surface area contributed by atoms with E-state index < -0.39 is 5.97 Å². The van der Waals surface area contributed by atoms with Crippen LogP contribution in [-0.2, 0) is 10.2 Å². The van der Waals surface area contributed by atoms with E-state index in [9.17, 15) is 9.90 Å². The largest absolute Gasteiger partial charge is 0.493 e. The Labute approximate surface area is 106 Å². The molecule has 1 aromatic carbocycles. The van der Waals surface area contributed by atoms with Crippen molar-refractivity contribution in [1.82, 2.24) is 0 Å². The summed E-state index contributed by atoms with van der Waals surface area (Å²) in [6.45, 7) is 3.52. The number of benzene rings is 1. The fourth-order valence-electron chi connectivity index (χ4n) is 3.04. The number of carboxylic acid groups (broad SMARTS) is 1. The smallest absolute Gasteiger partial charge is 0.307 e. The maximum absolute atomic E-state index is 11.2. The number of aliphatic carboxylic acids is 1. The molecule has 0 amide bonds. The highest BCUT2D eigenvalue weighted by Crippen LogP contribution is 2.61. The van der Waals surface area contributed by atoms with Crippen molar-refractivity contribution in [2.75, 3.05) is 18.5 Å². The average molecular weight is 247 g/mol. The summed E-state index contributed by atoms with van der Waals surface area (Å²) in [6.07, 6.45) is 1.56. The molecule has 0 aromatic heterocycles. The van der Waals surface area contributed by atoms with Crippen LogP contribution in [0.1, 0.15) is 25.3 Å². The van der Waals surface area contributed by atoms with E-state index in [0.717, 1.165) is 36.4 Å². The van der Waals surface area contributed by atoms with Gasteiger partial charge in [0, 0.05) is 23.2 Å². The maximum Gasteiger partial charge on any atom is 0.307 e. The Hall–Kier alpha value is -1.71. The highest BCUT2D eigenvalue weighted by Gasteiger charge is 2.61. The standard InChI is InChI=1S/C14H17NO3/c1-2-15-9-3-4-12-10(7-9)14(5-6-18-12)8-11(14)13(16)17/h3-4,7,11,15H,2,5-6,8H2,1H3,(H,16,17). The van der Waals surface area contributed by atoms with Gasteiger partial charge < -0.3 is 15.2 Å². The van der Waals surface area contributed by atoms with E-state index in [1.54, 1.807) is 0 Å². The van der Waals surface area contributed by atoms with E-state index in [1.807, 2.05) is 19.1 Å². The van der Waals surface area contributed by atoms with E-state index in [4.69, 9.17) is 4.74 Å². The van der Waals surface area contributed by atoms with Crippen LogP contribution in [0.2, 0.25) is 0 Å². The first kappa shape index (κ1) is 11.4. The molecule has 1 saturated carbocycles. The van der Waals surface area contributed by atoms with Gasteiger partial charge >= 0.3 is 5.97 Å². The van der Waals surface area contributed by atoms with Gasteiger partial charge in [-0.05, 0) is 38.0 Å². The SMILES string of the molecule is CCNc1ccc2c(c1)C1(CCO2)CC1C(=O)O. The van der Waals surface area contributed by atoms with Crippen molar-refractivity contribution in [3.8, 4) is 5.75 Å². The van der Waals surface area contributed by atoms with Crippen molar-refractivity contribution in [2.45, 2.75) is 25.2 Å². The fraction of sp³-hybridized carbons (Fsp3) is 0.500. The molecule has 2 N–H and O–H groups in total. The predicted molar refractivity (Wildman–Crippen MR) is 68.1 cm³/mol. The lowest BCUT2D eigenvalue weighted by atomic mass is 9.87. The first-order valence-corrected chi connectivity index (χ1v) is 6.41. The van der Waals surface area contributed by atoms with Gasteiger partial charge in [0.1, 0.15) is 5.75 Å². The summed E-state index contributed by atoms with van der Waals surface area (Å²) in [5.74, 6) is -0.0691. The molecule has 0 bridgehead atoms. The van der Waals surface area contributed by atoms with Gasteiger partial charge in [0.2, 0.25) is 0 Å².